The van der Waals surface area contributed by atoms with E-state index in [0.717, 1.165) is 5.56 Å². The van der Waals surface area contributed by atoms with Gasteiger partial charge in [-0.05, 0) is 36.8 Å². The summed E-state index contributed by atoms with van der Waals surface area (Å²) < 4.78 is 5.61. The van der Waals surface area contributed by atoms with Gasteiger partial charge < -0.3 is 19.6 Å². The number of carboxylic acids is 1. The summed E-state index contributed by atoms with van der Waals surface area (Å²) >= 11 is 6.04. The molecule has 0 unspecified atom stereocenters. The molecule has 0 fully saturated rings. The van der Waals surface area contributed by atoms with Crippen molar-refractivity contribution in [2.24, 2.45) is 0 Å². The summed E-state index contributed by atoms with van der Waals surface area (Å²) in [4.78, 5) is 23.7. The molecule has 0 spiro atoms. The number of nitriles is 1. The molecule has 3 aromatic rings. The minimum Gasteiger partial charge on any atom is -0.545 e. The summed E-state index contributed by atoms with van der Waals surface area (Å²) in [6.07, 6.45) is 1.27. The van der Waals surface area contributed by atoms with Crippen molar-refractivity contribution in [1.29, 1.82) is 5.26 Å². The quantitative estimate of drug-likeness (QED) is 0.513. The number of carbonyl (C=O) groups excluding carboxylic acids is 2. The Morgan fingerprint density at radius 1 is 1.17 bits per heavy atom. The molecule has 2 aromatic carbocycles. The second-order valence-electron chi connectivity index (χ2n) is 6.12. The van der Waals surface area contributed by atoms with Gasteiger partial charge >= 0.3 is 0 Å². The van der Waals surface area contributed by atoms with Crippen LogP contribution in [0.25, 0.3) is 17.4 Å². The molecule has 1 N–H and O–H groups in total. The third kappa shape index (κ3) is 4.54. The maximum atomic E-state index is 12.4. The lowest BCUT2D eigenvalue weighted by Gasteiger charge is -2.07. The molecule has 29 heavy (non-hydrogen) atoms. The lowest BCUT2D eigenvalue weighted by molar-refractivity contribution is -0.254. The van der Waals surface area contributed by atoms with Crippen LogP contribution in [-0.2, 0) is 4.79 Å². The van der Waals surface area contributed by atoms with E-state index in [1.165, 1.54) is 18.2 Å². The minimum atomic E-state index is -1.33. The Morgan fingerprint density at radius 3 is 2.62 bits per heavy atom. The molecule has 1 aromatic heterocycles. The summed E-state index contributed by atoms with van der Waals surface area (Å²) in [7, 11) is 0. The number of benzene rings is 2. The van der Waals surface area contributed by atoms with Crippen LogP contribution >= 0.6 is 11.6 Å². The fourth-order valence-electron chi connectivity index (χ4n) is 2.61. The number of furan rings is 1. The van der Waals surface area contributed by atoms with Crippen LogP contribution in [0, 0.1) is 18.3 Å². The van der Waals surface area contributed by atoms with Gasteiger partial charge in [0, 0.05) is 27.9 Å². The Kier molecular flexibility index (Phi) is 5.82. The number of halogens is 1. The van der Waals surface area contributed by atoms with E-state index in [9.17, 15) is 20.0 Å². The zero-order valence-electron chi connectivity index (χ0n) is 15.2. The Labute approximate surface area is 171 Å². The van der Waals surface area contributed by atoms with E-state index in [1.807, 2.05) is 13.0 Å². The van der Waals surface area contributed by atoms with Gasteiger partial charge in [-0.25, -0.2) is 0 Å². The number of hydrogen-bond donors (Lipinski definition) is 1. The van der Waals surface area contributed by atoms with Crippen LogP contribution < -0.4 is 10.4 Å². The Morgan fingerprint density at radius 2 is 1.93 bits per heavy atom. The van der Waals surface area contributed by atoms with Crippen molar-refractivity contribution in [3.05, 3.63) is 82.1 Å². The first-order valence-corrected chi connectivity index (χ1v) is 8.86. The number of nitrogens with one attached hydrogen (secondary N) is 1. The van der Waals surface area contributed by atoms with Crippen LogP contribution in [0.2, 0.25) is 5.02 Å². The molecule has 0 aliphatic carbocycles. The van der Waals surface area contributed by atoms with Crippen molar-refractivity contribution in [2.75, 3.05) is 5.32 Å². The van der Waals surface area contributed by atoms with Crippen LogP contribution in [0.5, 0.6) is 0 Å². The summed E-state index contributed by atoms with van der Waals surface area (Å²) in [5, 5.41) is 23.7. The lowest BCUT2D eigenvalue weighted by Crippen LogP contribution is -2.22. The first kappa shape index (κ1) is 19.9. The monoisotopic (exact) mass is 405 g/mol. The Balaban J connectivity index is 1.85. The smallest absolute Gasteiger partial charge is 0.266 e. The molecule has 0 aliphatic heterocycles. The zero-order chi connectivity index (χ0) is 21.0. The average Bonchev–Trinajstić information content (AvgIpc) is 3.17. The lowest BCUT2D eigenvalue weighted by atomic mass is 10.1. The summed E-state index contributed by atoms with van der Waals surface area (Å²) in [6, 6.07) is 16.2. The molecule has 3 rings (SSSR count). The number of aromatic carboxylic acids is 1. The molecule has 0 atom stereocenters. The van der Waals surface area contributed by atoms with E-state index >= 15 is 0 Å². The number of rotatable bonds is 5. The van der Waals surface area contributed by atoms with Gasteiger partial charge in [-0.15, -0.1) is 0 Å². The van der Waals surface area contributed by atoms with Crippen LogP contribution in [-0.4, -0.2) is 11.9 Å². The maximum absolute atomic E-state index is 12.4. The third-order valence-electron chi connectivity index (χ3n) is 4.12. The van der Waals surface area contributed by atoms with Gasteiger partial charge in [0.25, 0.3) is 5.91 Å². The number of anilines is 1. The Hall–Kier alpha value is -3.82. The molecule has 0 bridgehead atoms. The van der Waals surface area contributed by atoms with E-state index in [0.29, 0.717) is 16.3 Å². The summed E-state index contributed by atoms with van der Waals surface area (Å²) in [6.45, 7) is 1.83. The number of hydrogen-bond acceptors (Lipinski definition) is 5. The van der Waals surface area contributed by atoms with Crippen molar-refractivity contribution in [3.63, 3.8) is 0 Å². The number of carbonyl (C=O) groups is 2. The normalized spacial score (nSPS) is 11.0. The van der Waals surface area contributed by atoms with Gasteiger partial charge in [-0.2, -0.15) is 5.26 Å². The van der Waals surface area contributed by atoms with E-state index < -0.39 is 11.9 Å². The first-order valence-electron chi connectivity index (χ1n) is 8.49. The highest BCUT2D eigenvalue weighted by Crippen LogP contribution is 2.27. The van der Waals surface area contributed by atoms with Gasteiger partial charge in [-0.1, -0.05) is 41.9 Å². The van der Waals surface area contributed by atoms with Crippen LogP contribution in [0.15, 0.2) is 64.6 Å². The number of carboxylic acid groups (broad SMARTS) is 1. The SMILES string of the molecule is Cc1ccc(NC(=O)/C(C#N)=C/c2ccc(-c3ccccc3C(=O)[O-])o2)cc1Cl. The molecule has 144 valence electrons. The van der Waals surface area contributed by atoms with Gasteiger partial charge in [0.05, 0.1) is 5.97 Å². The second kappa shape index (κ2) is 8.46. The third-order valence-corrected chi connectivity index (χ3v) is 4.53. The van der Waals surface area contributed by atoms with Crippen LogP contribution in [0.4, 0.5) is 5.69 Å². The topological polar surface area (TPSA) is 106 Å². The van der Waals surface area contributed by atoms with Gasteiger partial charge in [0.15, 0.2) is 0 Å². The van der Waals surface area contributed by atoms with E-state index in [-0.39, 0.29) is 22.7 Å². The predicted molar refractivity (Wildman–Crippen MR) is 107 cm³/mol. The largest absolute Gasteiger partial charge is 0.545 e. The maximum Gasteiger partial charge on any atom is 0.266 e. The van der Waals surface area contributed by atoms with Crippen LogP contribution in [0.1, 0.15) is 21.7 Å². The van der Waals surface area contributed by atoms with Crippen molar-refractivity contribution in [2.45, 2.75) is 6.92 Å². The average molecular weight is 406 g/mol. The highest BCUT2D eigenvalue weighted by molar-refractivity contribution is 6.31. The fourth-order valence-corrected chi connectivity index (χ4v) is 2.79. The standard InChI is InChI=1S/C22H15ClN2O4/c1-13-6-7-15(11-19(13)23)25-21(26)14(12-24)10-16-8-9-20(29-16)17-4-2-3-5-18(17)22(27)28/h2-11H,1H3,(H,25,26)(H,27,28)/p-1/b14-10+. The van der Waals surface area contributed by atoms with Crippen molar-refractivity contribution in [3.8, 4) is 17.4 Å². The number of amides is 1. The molecule has 0 saturated heterocycles. The molecular weight excluding hydrogens is 392 g/mol. The van der Waals surface area contributed by atoms with E-state index in [2.05, 4.69) is 5.32 Å². The van der Waals surface area contributed by atoms with Gasteiger partial charge in [0.2, 0.25) is 0 Å². The second-order valence-corrected chi connectivity index (χ2v) is 6.53. The Bertz CT molecular complexity index is 1170. The van der Waals surface area contributed by atoms with Crippen molar-refractivity contribution < 1.29 is 19.1 Å². The molecule has 6 nitrogen and oxygen atoms in total. The fraction of sp³-hybridized carbons (Fsp3) is 0.0455. The molecule has 0 saturated carbocycles. The minimum absolute atomic E-state index is 0.0214. The van der Waals surface area contributed by atoms with Crippen molar-refractivity contribution in [1.82, 2.24) is 0 Å². The molecule has 1 amide bonds. The number of aryl methyl sites for hydroxylation is 1. The number of nitrogens with zero attached hydrogens (tertiary/aromatic N) is 1. The van der Waals surface area contributed by atoms with E-state index in [1.54, 1.807) is 42.5 Å². The van der Waals surface area contributed by atoms with Crippen molar-refractivity contribution >= 4 is 35.2 Å². The summed E-state index contributed by atoms with van der Waals surface area (Å²) in [5.74, 6) is -1.45. The highest BCUT2D eigenvalue weighted by atomic mass is 35.5. The molecule has 7 heteroatoms. The molecular formula is C22H14ClN2O4-. The molecule has 0 radical (unpaired) electrons. The molecule has 0 aliphatic rings. The van der Waals surface area contributed by atoms with E-state index in [4.69, 9.17) is 16.0 Å². The van der Waals surface area contributed by atoms with Gasteiger partial charge in [-0.3, -0.25) is 4.79 Å². The molecule has 1 heterocycles. The highest BCUT2D eigenvalue weighted by Gasteiger charge is 2.13. The summed E-state index contributed by atoms with van der Waals surface area (Å²) in [5.41, 5.74) is 1.45. The van der Waals surface area contributed by atoms with Crippen LogP contribution in [0.3, 0.4) is 0 Å². The first-order chi connectivity index (χ1) is 13.9. The van der Waals surface area contributed by atoms with Gasteiger partial charge in [0.1, 0.15) is 23.2 Å². The zero-order valence-corrected chi connectivity index (χ0v) is 16.0. The predicted octanol–water partition coefficient (Wildman–Crippen LogP) is 3.82.